The van der Waals surface area contributed by atoms with E-state index in [4.69, 9.17) is 9.47 Å². The summed E-state index contributed by atoms with van der Waals surface area (Å²) in [7, 11) is 0. The van der Waals surface area contributed by atoms with Gasteiger partial charge in [-0.25, -0.2) is 0 Å². The summed E-state index contributed by atoms with van der Waals surface area (Å²) in [4.78, 5) is 0. The standard InChI is InChI=1S/C15H19F11O2/c16-11(17,6-2-4-7-27-9-10-5-1-3-8-28-10)12(18,19)13(20,21)14(22,23)15(24,25)26/h10H,1-9H2. The maximum absolute atomic E-state index is 13.4. The molecule has 0 aromatic carbocycles. The summed E-state index contributed by atoms with van der Waals surface area (Å²) in [5, 5.41) is 0. The zero-order valence-corrected chi connectivity index (χ0v) is 14.4. The fraction of sp³-hybridized carbons (Fsp3) is 1.00. The van der Waals surface area contributed by atoms with Crippen LogP contribution in [-0.4, -0.2) is 55.8 Å². The lowest BCUT2D eigenvalue weighted by atomic mass is 9.95. The van der Waals surface area contributed by atoms with Gasteiger partial charge >= 0.3 is 29.9 Å². The predicted molar refractivity (Wildman–Crippen MR) is 74.1 cm³/mol. The van der Waals surface area contributed by atoms with Crippen LogP contribution in [-0.2, 0) is 9.47 Å². The Hall–Kier alpha value is -0.850. The van der Waals surface area contributed by atoms with Crippen LogP contribution in [0.4, 0.5) is 48.3 Å². The van der Waals surface area contributed by atoms with E-state index in [0.29, 0.717) is 13.0 Å². The van der Waals surface area contributed by atoms with Crippen molar-refractivity contribution in [3.8, 4) is 0 Å². The minimum Gasteiger partial charge on any atom is -0.379 e. The summed E-state index contributed by atoms with van der Waals surface area (Å²) >= 11 is 0. The highest BCUT2D eigenvalue weighted by Crippen LogP contribution is 2.58. The van der Waals surface area contributed by atoms with E-state index in [0.717, 1.165) is 12.8 Å². The lowest BCUT2D eigenvalue weighted by molar-refractivity contribution is -0.422. The molecule has 1 heterocycles. The molecule has 0 bridgehead atoms. The minimum atomic E-state index is -7.34. The number of hydrogen-bond acceptors (Lipinski definition) is 2. The van der Waals surface area contributed by atoms with Gasteiger partial charge in [0.1, 0.15) is 0 Å². The Morgan fingerprint density at radius 1 is 0.750 bits per heavy atom. The Bertz CT molecular complexity index is 485. The summed E-state index contributed by atoms with van der Waals surface area (Å²) in [6.07, 6.45) is -8.08. The first-order valence-electron chi connectivity index (χ1n) is 8.35. The van der Waals surface area contributed by atoms with Crippen LogP contribution in [0.1, 0.15) is 38.5 Å². The van der Waals surface area contributed by atoms with Crippen molar-refractivity contribution in [3.63, 3.8) is 0 Å². The molecule has 1 unspecified atom stereocenters. The average Bonchev–Trinajstić information content (AvgIpc) is 2.57. The van der Waals surface area contributed by atoms with Gasteiger partial charge in [-0.15, -0.1) is 0 Å². The van der Waals surface area contributed by atoms with Crippen LogP contribution < -0.4 is 0 Å². The molecular formula is C15H19F11O2. The van der Waals surface area contributed by atoms with Crippen molar-refractivity contribution in [1.29, 1.82) is 0 Å². The molecular weight excluding hydrogens is 421 g/mol. The highest BCUT2D eigenvalue weighted by Gasteiger charge is 2.86. The van der Waals surface area contributed by atoms with Gasteiger partial charge < -0.3 is 9.47 Å². The van der Waals surface area contributed by atoms with Crippen molar-refractivity contribution in [2.24, 2.45) is 0 Å². The van der Waals surface area contributed by atoms with Gasteiger partial charge in [-0.1, -0.05) is 0 Å². The highest BCUT2D eigenvalue weighted by molar-refractivity contribution is 5.06. The van der Waals surface area contributed by atoms with Crippen LogP contribution in [0, 0.1) is 0 Å². The van der Waals surface area contributed by atoms with Crippen LogP contribution >= 0.6 is 0 Å². The van der Waals surface area contributed by atoms with Crippen LogP contribution in [0.25, 0.3) is 0 Å². The van der Waals surface area contributed by atoms with Crippen molar-refractivity contribution < 1.29 is 57.8 Å². The maximum Gasteiger partial charge on any atom is 0.460 e. The van der Waals surface area contributed by atoms with E-state index in [9.17, 15) is 48.3 Å². The third kappa shape index (κ3) is 5.19. The molecule has 1 rings (SSSR count). The van der Waals surface area contributed by atoms with E-state index in [-0.39, 0.29) is 25.7 Å². The molecule has 168 valence electrons. The molecule has 1 atom stereocenters. The molecule has 0 saturated carbocycles. The van der Waals surface area contributed by atoms with Crippen LogP contribution in [0.5, 0.6) is 0 Å². The summed E-state index contributed by atoms with van der Waals surface area (Å²) in [5.74, 6) is -27.4. The number of unbranched alkanes of at least 4 members (excludes halogenated alkanes) is 1. The zero-order valence-electron chi connectivity index (χ0n) is 14.4. The van der Waals surface area contributed by atoms with E-state index in [1.54, 1.807) is 0 Å². The Balaban J connectivity index is 2.56. The van der Waals surface area contributed by atoms with Crippen molar-refractivity contribution in [1.82, 2.24) is 0 Å². The highest BCUT2D eigenvalue weighted by atomic mass is 19.4. The largest absolute Gasteiger partial charge is 0.460 e. The van der Waals surface area contributed by atoms with Crippen LogP contribution in [0.3, 0.4) is 0 Å². The van der Waals surface area contributed by atoms with E-state index in [1.807, 2.05) is 0 Å². The fourth-order valence-electron chi connectivity index (χ4n) is 2.47. The normalized spacial score (nSPS) is 20.5. The van der Waals surface area contributed by atoms with Crippen molar-refractivity contribution in [3.05, 3.63) is 0 Å². The summed E-state index contributed by atoms with van der Waals surface area (Å²) in [6, 6.07) is 0. The van der Waals surface area contributed by atoms with Gasteiger partial charge in [0.05, 0.1) is 12.7 Å². The monoisotopic (exact) mass is 440 g/mol. The van der Waals surface area contributed by atoms with Crippen molar-refractivity contribution in [2.75, 3.05) is 19.8 Å². The molecule has 0 amide bonds. The molecule has 0 radical (unpaired) electrons. The van der Waals surface area contributed by atoms with Gasteiger partial charge in [-0.3, -0.25) is 0 Å². The van der Waals surface area contributed by atoms with E-state index >= 15 is 0 Å². The molecule has 1 saturated heterocycles. The SMILES string of the molecule is FC(F)(F)C(F)(F)C(F)(F)C(F)(F)C(F)(F)CCCCOCC1CCCCO1. The minimum absolute atomic E-state index is 0.0996. The number of hydrogen-bond donors (Lipinski definition) is 0. The average molecular weight is 440 g/mol. The molecule has 13 heteroatoms. The van der Waals surface area contributed by atoms with Gasteiger partial charge in [-0.2, -0.15) is 48.3 Å². The van der Waals surface area contributed by atoms with E-state index in [2.05, 4.69) is 0 Å². The lowest BCUT2D eigenvalue weighted by Crippen LogP contribution is -2.66. The third-order valence-corrected chi connectivity index (χ3v) is 4.21. The predicted octanol–water partition coefficient (Wildman–Crippen LogP) is 5.85. The van der Waals surface area contributed by atoms with Crippen molar-refractivity contribution in [2.45, 2.75) is 74.5 Å². The van der Waals surface area contributed by atoms with Gasteiger partial charge in [0.2, 0.25) is 0 Å². The molecule has 28 heavy (non-hydrogen) atoms. The van der Waals surface area contributed by atoms with Gasteiger partial charge in [0.25, 0.3) is 0 Å². The van der Waals surface area contributed by atoms with Gasteiger partial charge in [0, 0.05) is 19.6 Å². The molecule has 0 aliphatic carbocycles. The smallest absolute Gasteiger partial charge is 0.379 e. The first-order valence-corrected chi connectivity index (χ1v) is 8.35. The third-order valence-electron chi connectivity index (χ3n) is 4.21. The number of alkyl halides is 11. The van der Waals surface area contributed by atoms with Crippen LogP contribution in [0.2, 0.25) is 0 Å². The van der Waals surface area contributed by atoms with Crippen LogP contribution in [0.15, 0.2) is 0 Å². The fourth-order valence-corrected chi connectivity index (χ4v) is 2.47. The lowest BCUT2D eigenvalue weighted by Gasteiger charge is -2.37. The molecule has 1 aliphatic rings. The second-order valence-electron chi connectivity index (χ2n) is 6.45. The zero-order chi connectivity index (χ0) is 21.9. The molecule has 0 N–H and O–H groups in total. The number of halogens is 11. The maximum atomic E-state index is 13.4. The van der Waals surface area contributed by atoms with E-state index in [1.165, 1.54) is 0 Å². The second kappa shape index (κ2) is 8.88. The first kappa shape index (κ1) is 25.2. The number of rotatable bonds is 10. The van der Waals surface area contributed by atoms with E-state index < -0.39 is 42.7 Å². The summed E-state index contributed by atoms with van der Waals surface area (Å²) < 4.78 is 151. The topological polar surface area (TPSA) is 18.5 Å². The summed E-state index contributed by atoms with van der Waals surface area (Å²) in [6.45, 7) is 0.394. The van der Waals surface area contributed by atoms with Crippen molar-refractivity contribution >= 4 is 0 Å². The van der Waals surface area contributed by atoms with Gasteiger partial charge in [-0.05, 0) is 32.1 Å². The quantitative estimate of drug-likeness (QED) is 0.314. The number of ether oxygens (including phenoxy) is 2. The molecule has 0 aromatic rings. The first-order chi connectivity index (χ1) is 12.6. The molecule has 0 aromatic heterocycles. The Labute approximate surface area is 153 Å². The second-order valence-corrected chi connectivity index (χ2v) is 6.45. The Morgan fingerprint density at radius 3 is 1.86 bits per heavy atom. The molecule has 0 spiro atoms. The Kier molecular flexibility index (Phi) is 7.99. The Morgan fingerprint density at radius 2 is 1.36 bits per heavy atom. The molecule has 1 fully saturated rings. The summed E-state index contributed by atoms with van der Waals surface area (Å²) in [5.41, 5.74) is 0. The molecule has 2 nitrogen and oxygen atoms in total. The molecule has 1 aliphatic heterocycles. The van der Waals surface area contributed by atoms with Gasteiger partial charge in [0.15, 0.2) is 0 Å².